The molecule has 140 valence electrons. The molecule has 1 heterocycles. The maximum absolute atomic E-state index is 12.8. The van der Waals surface area contributed by atoms with Crippen molar-refractivity contribution in [2.75, 3.05) is 5.32 Å². The van der Waals surface area contributed by atoms with E-state index in [2.05, 4.69) is 22.4 Å². The van der Waals surface area contributed by atoms with Crippen molar-refractivity contribution < 1.29 is 9.21 Å². The molecule has 0 saturated heterocycles. The first-order valence-electron chi connectivity index (χ1n) is 9.49. The molecule has 0 aliphatic rings. The van der Waals surface area contributed by atoms with Gasteiger partial charge in [0.05, 0.1) is 17.7 Å². The Kier molecular flexibility index (Phi) is 4.30. The summed E-state index contributed by atoms with van der Waals surface area (Å²) in [5.74, 6) is 0.414. The van der Waals surface area contributed by atoms with E-state index in [1.54, 1.807) is 0 Å². The first kappa shape index (κ1) is 17.2. The van der Waals surface area contributed by atoms with E-state index < -0.39 is 0 Å². The Morgan fingerprint density at radius 2 is 1.59 bits per heavy atom. The lowest BCUT2D eigenvalue weighted by molar-refractivity contribution is -0.115. The van der Waals surface area contributed by atoms with Crippen molar-refractivity contribution in [1.29, 1.82) is 0 Å². The second kappa shape index (κ2) is 7.24. The molecule has 0 saturated carbocycles. The second-order valence-corrected chi connectivity index (χ2v) is 6.90. The maximum atomic E-state index is 12.8. The number of fused-ring (bicyclic) bond motifs is 2. The first-order valence-corrected chi connectivity index (χ1v) is 9.49. The summed E-state index contributed by atoms with van der Waals surface area (Å²) in [5.41, 5.74) is 3.96. The minimum absolute atomic E-state index is 0.0788. The highest BCUT2D eigenvalue weighted by atomic mass is 16.3. The van der Waals surface area contributed by atoms with Crippen molar-refractivity contribution in [2.45, 2.75) is 6.42 Å². The van der Waals surface area contributed by atoms with Crippen LogP contribution >= 0.6 is 0 Å². The van der Waals surface area contributed by atoms with Crippen molar-refractivity contribution in [3.8, 4) is 11.5 Å². The van der Waals surface area contributed by atoms with E-state index in [-0.39, 0.29) is 5.91 Å². The molecule has 0 unspecified atom stereocenters. The third kappa shape index (κ3) is 3.36. The van der Waals surface area contributed by atoms with Crippen LogP contribution in [-0.2, 0) is 11.2 Å². The summed E-state index contributed by atoms with van der Waals surface area (Å²) in [6.07, 6.45) is 0.295. The molecule has 0 radical (unpaired) electrons. The molecular formula is C25H18N2O2. The maximum Gasteiger partial charge on any atom is 0.229 e. The number of nitrogens with zero attached hydrogens (tertiary/aromatic N) is 1. The van der Waals surface area contributed by atoms with Crippen LogP contribution in [0.5, 0.6) is 0 Å². The van der Waals surface area contributed by atoms with Crippen molar-refractivity contribution in [2.24, 2.45) is 0 Å². The van der Waals surface area contributed by atoms with Crippen LogP contribution in [0.25, 0.3) is 33.3 Å². The van der Waals surface area contributed by atoms with E-state index in [1.807, 2.05) is 78.9 Å². The van der Waals surface area contributed by atoms with Crippen LogP contribution in [0.3, 0.4) is 0 Å². The SMILES string of the molecule is O=C(Cc1cccc2ccccc12)Nc1ccccc1-c1nc2ccccc2o1. The van der Waals surface area contributed by atoms with Gasteiger partial charge < -0.3 is 9.73 Å². The zero-order valence-corrected chi connectivity index (χ0v) is 15.6. The molecule has 0 bridgehead atoms. The number of hydrogen-bond donors (Lipinski definition) is 1. The van der Waals surface area contributed by atoms with E-state index in [9.17, 15) is 4.79 Å². The minimum Gasteiger partial charge on any atom is -0.436 e. The zero-order valence-electron chi connectivity index (χ0n) is 15.6. The minimum atomic E-state index is -0.0788. The number of oxazole rings is 1. The molecule has 0 aliphatic heterocycles. The van der Waals surface area contributed by atoms with Crippen LogP contribution in [0.2, 0.25) is 0 Å². The number of nitrogens with one attached hydrogen (secondary N) is 1. The van der Waals surface area contributed by atoms with E-state index in [0.29, 0.717) is 18.0 Å². The van der Waals surface area contributed by atoms with Crippen molar-refractivity contribution in [1.82, 2.24) is 4.98 Å². The summed E-state index contributed by atoms with van der Waals surface area (Å²) in [4.78, 5) is 17.4. The fourth-order valence-electron chi connectivity index (χ4n) is 3.58. The Morgan fingerprint density at radius 3 is 2.52 bits per heavy atom. The number of aromatic nitrogens is 1. The molecule has 1 N–H and O–H groups in total. The monoisotopic (exact) mass is 378 g/mol. The Hall–Kier alpha value is -3.92. The number of carbonyl (C=O) groups excluding carboxylic acids is 1. The lowest BCUT2D eigenvalue weighted by atomic mass is 10.0. The summed E-state index contributed by atoms with van der Waals surface area (Å²) >= 11 is 0. The molecule has 4 nitrogen and oxygen atoms in total. The van der Waals surface area contributed by atoms with Crippen LogP contribution in [0, 0.1) is 0 Å². The zero-order chi connectivity index (χ0) is 19.6. The largest absolute Gasteiger partial charge is 0.436 e. The standard InChI is InChI=1S/C25H18N2O2/c28-24(16-18-10-7-9-17-8-1-2-11-19(17)18)26-21-13-4-3-12-20(21)25-27-22-14-5-6-15-23(22)29-25/h1-15H,16H2,(H,26,28). The van der Waals surface area contributed by atoms with Gasteiger partial charge in [0.2, 0.25) is 11.8 Å². The number of rotatable bonds is 4. The number of hydrogen-bond acceptors (Lipinski definition) is 3. The highest BCUT2D eigenvalue weighted by Crippen LogP contribution is 2.30. The molecule has 0 fully saturated rings. The number of anilines is 1. The van der Waals surface area contributed by atoms with Gasteiger partial charge in [-0.25, -0.2) is 4.98 Å². The molecule has 5 aromatic rings. The molecule has 4 aromatic carbocycles. The smallest absolute Gasteiger partial charge is 0.229 e. The lowest BCUT2D eigenvalue weighted by Gasteiger charge is -2.10. The van der Waals surface area contributed by atoms with E-state index in [0.717, 1.165) is 33.0 Å². The molecule has 1 amide bonds. The number of para-hydroxylation sites is 3. The predicted octanol–water partition coefficient (Wildman–Crippen LogP) is 5.83. The van der Waals surface area contributed by atoms with Gasteiger partial charge in [-0.2, -0.15) is 0 Å². The third-order valence-corrected chi connectivity index (χ3v) is 4.96. The number of amides is 1. The predicted molar refractivity (Wildman–Crippen MR) is 116 cm³/mol. The van der Waals surface area contributed by atoms with Gasteiger partial charge in [-0.05, 0) is 40.6 Å². The van der Waals surface area contributed by atoms with E-state index in [4.69, 9.17) is 4.42 Å². The summed E-state index contributed by atoms with van der Waals surface area (Å²) in [6.45, 7) is 0. The number of benzene rings is 4. The Labute approximate surface area is 167 Å². The van der Waals surface area contributed by atoms with Crippen molar-refractivity contribution >= 4 is 33.5 Å². The average molecular weight is 378 g/mol. The summed E-state index contributed by atoms with van der Waals surface area (Å²) in [6, 6.07) is 29.3. The summed E-state index contributed by atoms with van der Waals surface area (Å²) in [5, 5.41) is 5.25. The molecule has 4 heteroatoms. The third-order valence-electron chi connectivity index (χ3n) is 4.96. The van der Waals surface area contributed by atoms with Gasteiger partial charge in [-0.1, -0.05) is 66.7 Å². The first-order chi connectivity index (χ1) is 14.3. The summed E-state index contributed by atoms with van der Waals surface area (Å²) in [7, 11) is 0. The van der Waals surface area contributed by atoms with Crippen molar-refractivity contribution in [3.05, 3.63) is 96.6 Å². The fourth-order valence-corrected chi connectivity index (χ4v) is 3.58. The normalized spacial score (nSPS) is 11.0. The molecule has 5 rings (SSSR count). The Bertz CT molecular complexity index is 1300. The van der Waals surface area contributed by atoms with E-state index >= 15 is 0 Å². The molecule has 0 aliphatic carbocycles. The van der Waals surface area contributed by atoms with Gasteiger partial charge in [0, 0.05) is 0 Å². The topological polar surface area (TPSA) is 55.1 Å². The molecular weight excluding hydrogens is 360 g/mol. The van der Waals surface area contributed by atoms with Gasteiger partial charge in [-0.3, -0.25) is 4.79 Å². The number of carbonyl (C=O) groups is 1. The van der Waals surface area contributed by atoms with Gasteiger partial charge >= 0.3 is 0 Å². The van der Waals surface area contributed by atoms with Gasteiger partial charge in [0.15, 0.2) is 5.58 Å². The average Bonchev–Trinajstić information content (AvgIpc) is 3.18. The van der Waals surface area contributed by atoms with Gasteiger partial charge in [0.1, 0.15) is 5.52 Å². The van der Waals surface area contributed by atoms with Crippen LogP contribution < -0.4 is 5.32 Å². The summed E-state index contributed by atoms with van der Waals surface area (Å²) < 4.78 is 5.89. The van der Waals surface area contributed by atoms with Crippen LogP contribution in [0.4, 0.5) is 5.69 Å². The Morgan fingerprint density at radius 1 is 0.828 bits per heavy atom. The fraction of sp³-hybridized carbons (Fsp3) is 0.0400. The molecule has 0 spiro atoms. The quantitative estimate of drug-likeness (QED) is 0.428. The lowest BCUT2D eigenvalue weighted by Crippen LogP contribution is -2.15. The van der Waals surface area contributed by atoms with Crippen LogP contribution in [-0.4, -0.2) is 10.9 Å². The highest BCUT2D eigenvalue weighted by molar-refractivity contribution is 5.98. The van der Waals surface area contributed by atoms with Gasteiger partial charge in [-0.15, -0.1) is 0 Å². The molecule has 1 aromatic heterocycles. The van der Waals surface area contributed by atoms with Crippen molar-refractivity contribution in [3.63, 3.8) is 0 Å². The second-order valence-electron chi connectivity index (χ2n) is 6.90. The van der Waals surface area contributed by atoms with Gasteiger partial charge in [0.25, 0.3) is 0 Å². The van der Waals surface area contributed by atoms with E-state index in [1.165, 1.54) is 0 Å². The molecule has 0 atom stereocenters. The Balaban J connectivity index is 1.44. The molecule has 29 heavy (non-hydrogen) atoms. The van der Waals surface area contributed by atoms with Crippen LogP contribution in [0.1, 0.15) is 5.56 Å². The van der Waals surface area contributed by atoms with Crippen LogP contribution in [0.15, 0.2) is 95.4 Å². The highest BCUT2D eigenvalue weighted by Gasteiger charge is 2.14.